The van der Waals surface area contributed by atoms with Crippen LogP contribution in [-0.4, -0.2) is 21.4 Å². The first-order valence-corrected chi connectivity index (χ1v) is 8.41. The smallest absolute Gasteiger partial charge is 0.443 e. The molecule has 0 amide bonds. The molecule has 0 bridgehead atoms. The fourth-order valence-corrected chi connectivity index (χ4v) is 2.49. The fourth-order valence-electron chi connectivity index (χ4n) is 2.49. The topological polar surface area (TPSA) is 74.8 Å². The maximum Gasteiger partial charge on any atom is 0.573 e. The fraction of sp³-hybridized carbons (Fsp3) is 0.389. The van der Waals surface area contributed by atoms with Gasteiger partial charge in [-0.25, -0.2) is 4.79 Å². The van der Waals surface area contributed by atoms with Gasteiger partial charge in [-0.05, 0) is 25.5 Å². The van der Waals surface area contributed by atoms with Crippen LogP contribution in [0.4, 0.5) is 19.0 Å². The van der Waals surface area contributed by atoms with E-state index in [0.29, 0.717) is 12.8 Å². The predicted octanol–water partition coefficient (Wildman–Crippen LogP) is 3.20. The van der Waals surface area contributed by atoms with Gasteiger partial charge in [0.05, 0.1) is 5.56 Å². The van der Waals surface area contributed by atoms with Gasteiger partial charge in [-0.3, -0.25) is 13.9 Å². The summed E-state index contributed by atoms with van der Waals surface area (Å²) in [6.45, 7) is 3.39. The van der Waals surface area contributed by atoms with Crippen LogP contribution >= 0.6 is 0 Å². The Morgan fingerprint density at radius 1 is 1.14 bits per heavy atom. The van der Waals surface area contributed by atoms with E-state index >= 15 is 0 Å². The van der Waals surface area contributed by atoms with Crippen molar-refractivity contribution in [2.45, 2.75) is 33.1 Å². The van der Waals surface area contributed by atoms with E-state index in [1.54, 1.807) is 0 Å². The van der Waals surface area contributed by atoms with E-state index in [1.807, 2.05) is 6.92 Å². The van der Waals surface area contributed by atoms with Gasteiger partial charge < -0.3 is 9.47 Å². The third kappa shape index (κ3) is 5.02. The second kappa shape index (κ2) is 8.32. The lowest BCUT2D eigenvalue weighted by Crippen LogP contribution is -2.38. The molecule has 1 aromatic carbocycles. The standard InChI is InChI=1S/C18H20F3N3O4/c1-5-7-14(22-15-11(2)16(25)24(4)17(26)23(15)3)27-12-8-6-9-13(10-12)28-18(19,20)21/h6,8-10H,5,7H2,1-4H3. The van der Waals surface area contributed by atoms with Crippen molar-refractivity contribution in [1.29, 1.82) is 0 Å². The second-order valence-corrected chi connectivity index (χ2v) is 6.03. The molecule has 2 aromatic rings. The predicted molar refractivity (Wildman–Crippen MR) is 97.4 cm³/mol. The Hall–Kier alpha value is -3.04. The average molecular weight is 399 g/mol. The van der Waals surface area contributed by atoms with Crippen molar-refractivity contribution in [3.8, 4) is 11.5 Å². The number of hydrogen-bond donors (Lipinski definition) is 0. The highest BCUT2D eigenvalue weighted by molar-refractivity contribution is 5.81. The molecule has 0 spiro atoms. The largest absolute Gasteiger partial charge is 0.573 e. The normalized spacial score (nSPS) is 12.2. The molecule has 0 atom stereocenters. The van der Waals surface area contributed by atoms with Crippen molar-refractivity contribution < 1.29 is 22.6 Å². The molecule has 28 heavy (non-hydrogen) atoms. The Balaban J connectivity index is 2.44. The van der Waals surface area contributed by atoms with E-state index in [1.165, 1.54) is 37.7 Å². The highest BCUT2D eigenvalue weighted by atomic mass is 19.4. The van der Waals surface area contributed by atoms with E-state index < -0.39 is 23.4 Å². The molecule has 1 heterocycles. The van der Waals surface area contributed by atoms with Crippen LogP contribution < -0.4 is 20.7 Å². The molecule has 0 saturated carbocycles. The minimum atomic E-state index is -4.82. The van der Waals surface area contributed by atoms with E-state index in [0.717, 1.165) is 16.7 Å². The molecule has 0 aliphatic carbocycles. The van der Waals surface area contributed by atoms with Crippen LogP contribution in [0.25, 0.3) is 0 Å². The van der Waals surface area contributed by atoms with Gasteiger partial charge in [0, 0.05) is 26.6 Å². The Kier molecular flexibility index (Phi) is 6.32. The monoisotopic (exact) mass is 399 g/mol. The summed E-state index contributed by atoms with van der Waals surface area (Å²) in [5, 5.41) is 0. The van der Waals surface area contributed by atoms with Crippen molar-refractivity contribution in [3.05, 3.63) is 50.7 Å². The summed E-state index contributed by atoms with van der Waals surface area (Å²) in [6.07, 6.45) is -3.86. The SMILES string of the molecule is CCCC(=Nc1c(C)c(=O)n(C)c(=O)n1C)Oc1cccc(OC(F)(F)F)c1. The summed E-state index contributed by atoms with van der Waals surface area (Å²) in [5.74, 6) is -0.0734. The lowest BCUT2D eigenvalue weighted by atomic mass is 10.3. The summed E-state index contributed by atoms with van der Waals surface area (Å²) in [7, 11) is 2.83. The average Bonchev–Trinajstić information content (AvgIpc) is 2.61. The molecule has 0 saturated heterocycles. The van der Waals surface area contributed by atoms with Gasteiger partial charge in [-0.1, -0.05) is 13.0 Å². The minimum Gasteiger partial charge on any atom is -0.443 e. The first-order valence-electron chi connectivity index (χ1n) is 8.41. The summed E-state index contributed by atoms with van der Waals surface area (Å²) in [6, 6.07) is 5.02. The Morgan fingerprint density at radius 2 is 1.79 bits per heavy atom. The molecular weight excluding hydrogens is 379 g/mol. The zero-order chi connectivity index (χ0) is 21.1. The van der Waals surface area contributed by atoms with Crippen molar-refractivity contribution in [3.63, 3.8) is 0 Å². The number of ether oxygens (including phenoxy) is 2. The first kappa shape index (κ1) is 21.3. The van der Waals surface area contributed by atoms with E-state index in [4.69, 9.17) is 4.74 Å². The summed E-state index contributed by atoms with van der Waals surface area (Å²) < 4.78 is 48.8. The van der Waals surface area contributed by atoms with Gasteiger partial charge in [0.25, 0.3) is 5.56 Å². The van der Waals surface area contributed by atoms with Crippen LogP contribution in [0.3, 0.4) is 0 Å². The van der Waals surface area contributed by atoms with Crippen LogP contribution in [0.15, 0.2) is 38.8 Å². The third-order valence-corrected chi connectivity index (χ3v) is 3.82. The van der Waals surface area contributed by atoms with Crippen molar-refractivity contribution in [2.75, 3.05) is 0 Å². The van der Waals surface area contributed by atoms with Crippen LogP contribution in [-0.2, 0) is 14.1 Å². The van der Waals surface area contributed by atoms with Crippen LogP contribution in [0.5, 0.6) is 11.5 Å². The molecule has 2 rings (SSSR count). The zero-order valence-corrected chi connectivity index (χ0v) is 15.8. The number of benzene rings is 1. The Morgan fingerprint density at radius 3 is 2.39 bits per heavy atom. The molecule has 7 nitrogen and oxygen atoms in total. The number of rotatable bonds is 5. The first-order chi connectivity index (χ1) is 13.0. The van der Waals surface area contributed by atoms with E-state index in [-0.39, 0.29) is 23.0 Å². The molecule has 0 fully saturated rings. The molecule has 152 valence electrons. The quantitative estimate of drug-likeness (QED) is 0.572. The summed E-state index contributed by atoms with van der Waals surface area (Å²) in [4.78, 5) is 28.6. The number of halogens is 3. The van der Waals surface area contributed by atoms with Gasteiger partial charge in [-0.2, -0.15) is 4.99 Å². The lowest BCUT2D eigenvalue weighted by Gasteiger charge is -2.13. The number of aromatic nitrogens is 2. The molecule has 0 radical (unpaired) electrons. The van der Waals surface area contributed by atoms with Gasteiger partial charge >= 0.3 is 12.1 Å². The summed E-state index contributed by atoms with van der Waals surface area (Å²) in [5.41, 5.74) is -0.792. The number of aliphatic imine (C=N–C) groups is 1. The molecule has 0 aliphatic rings. The van der Waals surface area contributed by atoms with Gasteiger partial charge in [-0.15, -0.1) is 13.2 Å². The Bertz CT molecular complexity index is 969. The van der Waals surface area contributed by atoms with E-state index in [9.17, 15) is 22.8 Å². The van der Waals surface area contributed by atoms with E-state index in [2.05, 4.69) is 9.73 Å². The zero-order valence-electron chi connectivity index (χ0n) is 15.8. The maximum absolute atomic E-state index is 12.4. The molecule has 1 aromatic heterocycles. The van der Waals surface area contributed by atoms with Gasteiger partial charge in [0.2, 0.25) is 0 Å². The highest BCUT2D eigenvalue weighted by Gasteiger charge is 2.31. The van der Waals surface area contributed by atoms with Crippen molar-refractivity contribution >= 4 is 11.7 Å². The molecular formula is C18H20F3N3O4. The second-order valence-electron chi connectivity index (χ2n) is 6.03. The highest BCUT2D eigenvalue weighted by Crippen LogP contribution is 2.26. The van der Waals surface area contributed by atoms with Crippen molar-refractivity contribution in [2.24, 2.45) is 19.1 Å². The lowest BCUT2D eigenvalue weighted by molar-refractivity contribution is -0.274. The number of hydrogen-bond acceptors (Lipinski definition) is 5. The van der Waals surface area contributed by atoms with Crippen molar-refractivity contribution in [1.82, 2.24) is 9.13 Å². The molecule has 10 heteroatoms. The van der Waals surface area contributed by atoms with Crippen LogP contribution in [0, 0.1) is 6.92 Å². The van der Waals surface area contributed by atoms with Gasteiger partial charge in [0.1, 0.15) is 17.3 Å². The number of nitrogens with zero attached hydrogens (tertiary/aromatic N) is 3. The maximum atomic E-state index is 12.4. The van der Waals surface area contributed by atoms with Crippen LogP contribution in [0.1, 0.15) is 25.3 Å². The third-order valence-electron chi connectivity index (χ3n) is 3.82. The number of alkyl halides is 3. The minimum absolute atomic E-state index is 0.0837. The molecule has 0 unspecified atom stereocenters. The van der Waals surface area contributed by atoms with Crippen LogP contribution in [0.2, 0.25) is 0 Å². The molecule has 0 N–H and O–H groups in total. The summed E-state index contributed by atoms with van der Waals surface area (Å²) >= 11 is 0. The van der Waals surface area contributed by atoms with Gasteiger partial charge in [0.15, 0.2) is 5.90 Å². The Labute approximate surface area is 158 Å². The molecule has 0 aliphatic heterocycles.